The van der Waals surface area contributed by atoms with Crippen LogP contribution in [0.25, 0.3) is 0 Å². The Labute approximate surface area is 166 Å². The van der Waals surface area contributed by atoms with E-state index in [1.165, 1.54) is 18.3 Å². The summed E-state index contributed by atoms with van der Waals surface area (Å²) in [4.78, 5) is 50.2. The van der Waals surface area contributed by atoms with Crippen molar-refractivity contribution in [3.05, 3.63) is 17.0 Å². The molecule has 3 atom stereocenters. The summed E-state index contributed by atoms with van der Waals surface area (Å²) < 4.78 is 5.10. The van der Waals surface area contributed by atoms with Crippen LogP contribution in [-0.4, -0.2) is 41.2 Å². The molecule has 28 heavy (non-hydrogen) atoms. The summed E-state index contributed by atoms with van der Waals surface area (Å²) in [7, 11) is 0. The molecule has 0 spiro atoms. The first-order valence-electron chi connectivity index (χ1n) is 9.25. The molecule has 1 saturated heterocycles. The van der Waals surface area contributed by atoms with Gasteiger partial charge < -0.3 is 10.1 Å². The van der Waals surface area contributed by atoms with Gasteiger partial charge in [-0.05, 0) is 31.2 Å². The number of esters is 1. The van der Waals surface area contributed by atoms with E-state index in [9.17, 15) is 19.2 Å². The number of nitrogens with zero attached hydrogens (tertiary/aromatic N) is 2. The lowest BCUT2D eigenvalue weighted by atomic mass is 9.81. The third kappa shape index (κ3) is 4.07. The third-order valence-electron chi connectivity index (χ3n) is 5.17. The first-order chi connectivity index (χ1) is 13.4. The SMILES string of the molecule is C[C@@H](OC(=O)CCN1C(=O)[C@H]2CCCC[C@@H]2C1=O)C(=O)Nc1sccc1C#N. The molecular formula is C19H21N3O5S. The van der Waals surface area contributed by atoms with Crippen molar-refractivity contribution in [2.75, 3.05) is 11.9 Å². The number of ether oxygens (including phenoxy) is 1. The molecule has 1 aliphatic heterocycles. The number of fused-ring (bicyclic) bond motifs is 1. The van der Waals surface area contributed by atoms with Crippen LogP contribution < -0.4 is 5.32 Å². The van der Waals surface area contributed by atoms with Gasteiger partial charge in [-0.25, -0.2) is 0 Å². The average Bonchev–Trinajstić information content (AvgIpc) is 3.23. The van der Waals surface area contributed by atoms with Gasteiger partial charge in [-0.2, -0.15) is 5.26 Å². The lowest BCUT2D eigenvalue weighted by molar-refractivity contribution is -0.154. The van der Waals surface area contributed by atoms with E-state index in [0.29, 0.717) is 10.6 Å². The zero-order valence-corrected chi connectivity index (χ0v) is 16.3. The normalized spacial score (nSPS) is 22.4. The average molecular weight is 403 g/mol. The van der Waals surface area contributed by atoms with Crippen molar-refractivity contribution in [2.45, 2.75) is 45.1 Å². The highest BCUT2D eigenvalue weighted by Crippen LogP contribution is 2.38. The maximum atomic E-state index is 12.4. The number of likely N-dealkylation sites (tertiary alicyclic amines) is 1. The maximum Gasteiger partial charge on any atom is 0.308 e. The fourth-order valence-corrected chi connectivity index (χ4v) is 4.41. The topological polar surface area (TPSA) is 117 Å². The predicted octanol–water partition coefficient (Wildman–Crippen LogP) is 2.06. The number of anilines is 1. The van der Waals surface area contributed by atoms with Crippen LogP contribution >= 0.6 is 11.3 Å². The molecule has 0 aromatic carbocycles. The Morgan fingerprint density at radius 2 is 1.96 bits per heavy atom. The first-order valence-corrected chi connectivity index (χ1v) is 10.1. The van der Waals surface area contributed by atoms with Crippen LogP contribution in [0.2, 0.25) is 0 Å². The Morgan fingerprint density at radius 3 is 2.57 bits per heavy atom. The second-order valence-electron chi connectivity index (χ2n) is 6.97. The molecule has 2 fully saturated rings. The number of hydrogen-bond acceptors (Lipinski definition) is 7. The van der Waals surface area contributed by atoms with E-state index in [0.717, 1.165) is 30.6 Å². The summed E-state index contributed by atoms with van der Waals surface area (Å²) in [5.74, 6) is -2.11. The number of nitrogens with one attached hydrogen (secondary N) is 1. The molecule has 0 unspecified atom stereocenters. The second-order valence-corrected chi connectivity index (χ2v) is 7.89. The number of hydrogen-bond donors (Lipinski definition) is 1. The van der Waals surface area contributed by atoms with Crippen LogP contribution in [0, 0.1) is 23.2 Å². The number of carbonyl (C=O) groups is 4. The predicted molar refractivity (Wildman–Crippen MR) is 100 cm³/mol. The molecule has 1 saturated carbocycles. The highest BCUT2D eigenvalue weighted by atomic mass is 32.1. The Balaban J connectivity index is 1.49. The smallest absolute Gasteiger partial charge is 0.308 e. The Bertz CT molecular complexity index is 819. The Kier molecular flexibility index (Phi) is 6.09. The summed E-state index contributed by atoms with van der Waals surface area (Å²) in [6.07, 6.45) is 2.12. The molecule has 1 aromatic heterocycles. The number of rotatable bonds is 6. The van der Waals surface area contributed by atoms with E-state index >= 15 is 0 Å². The summed E-state index contributed by atoms with van der Waals surface area (Å²) in [5.41, 5.74) is 0.337. The van der Waals surface area contributed by atoms with Crippen LogP contribution in [0.4, 0.5) is 5.00 Å². The monoisotopic (exact) mass is 403 g/mol. The maximum absolute atomic E-state index is 12.4. The minimum absolute atomic E-state index is 0.0264. The summed E-state index contributed by atoms with van der Waals surface area (Å²) in [5, 5.41) is 13.6. The second kappa shape index (κ2) is 8.52. The van der Waals surface area contributed by atoms with E-state index < -0.39 is 18.0 Å². The van der Waals surface area contributed by atoms with E-state index in [1.54, 1.807) is 11.4 Å². The van der Waals surface area contributed by atoms with Crippen LogP contribution in [0.5, 0.6) is 0 Å². The number of amides is 3. The first kappa shape index (κ1) is 20.0. The van der Waals surface area contributed by atoms with Gasteiger partial charge in [-0.3, -0.25) is 24.1 Å². The van der Waals surface area contributed by atoms with Crippen molar-refractivity contribution in [2.24, 2.45) is 11.8 Å². The van der Waals surface area contributed by atoms with Crippen LogP contribution in [0.1, 0.15) is 44.6 Å². The highest BCUT2D eigenvalue weighted by molar-refractivity contribution is 7.14. The van der Waals surface area contributed by atoms with Gasteiger partial charge in [0.15, 0.2) is 6.10 Å². The van der Waals surface area contributed by atoms with Gasteiger partial charge in [0.1, 0.15) is 11.1 Å². The quantitative estimate of drug-likeness (QED) is 0.574. The standard InChI is InChI=1S/C19H21N3O5S/c1-11(16(24)21-17-12(10-20)7-9-28-17)27-15(23)6-8-22-18(25)13-4-2-3-5-14(13)19(22)26/h7,9,11,13-14H,2-6,8H2,1H3,(H,21,24)/t11-,13+,14+/m1/s1. The molecule has 1 N–H and O–H groups in total. The number of imide groups is 1. The molecule has 3 rings (SSSR count). The molecule has 0 radical (unpaired) electrons. The van der Waals surface area contributed by atoms with Gasteiger partial charge >= 0.3 is 5.97 Å². The number of thiophene rings is 1. The zero-order valence-electron chi connectivity index (χ0n) is 15.5. The largest absolute Gasteiger partial charge is 0.452 e. The molecule has 148 valence electrons. The summed E-state index contributed by atoms with van der Waals surface area (Å²) >= 11 is 1.20. The molecule has 8 nitrogen and oxygen atoms in total. The van der Waals surface area contributed by atoms with E-state index in [1.807, 2.05) is 6.07 Å². The molecular weight excluding hydrogens is 382 g/mol. The molecule has 1 aromatic rings. The van der Waals surface area contributed by atoms with E-state index in [-0.39, 0.29) is 36.6 Å². The fraction of sp³-hybridized carbons (Fsp3) is 0.526. The lowest BCUT2D eigenvalue weighted by Gasteiger charge is -2.19. The van der Waals surface area contributed by atoms with Crippen LogP contribution in [0.3, 0.4) is 0 Å². The molecule has 3 amide bonds. The van der Waals surface area contributed by atoms with Gasteiger partial charge in [0.05, 0.1) is 23.8 Å². The molecule has 1 aliphatic carbocycles. The van der Waals surface area contributed by atoms with Gasteiger partial charge in [0, 0.05) is 6.54 Å². The van der Waals surface area contributed by atoms with Gasteiger partial charge in [-0.15, -0.1) is 11.3 Å². The fourth-order valence-electron chi connectivity index (χ4n) is 3.67. The van der Waals surface area contributed by atoms with E-state index in [4.69, 9.17) is 10.00 Å². The van der Waals surface area contributed by atoms with Crippen LogP contribution in [-0.2, 0) is 23.9 Å². The van der Waals surface area contributed by atoms with Crippen molar-refractivity contribution in [3.63, 3.8) is 0 Å². The Hall–Kier alpha value is -2.73. The van der Waals surface area contributed by atoms with Crippen molar-refractivity contribution in [1.29, 1.82) is 5.26 Å². The number of carbonyl (C=O) groups excluding carboxylic acids is 4. The summed E-state index contributed by atoms with van der Waals surface area (Å²) in [6.45, 7) is 1.40. The number of nitriles is 1. The van der Waals surface area contributed by atoms with E-state index in [2.05, 4.69) is 5.32 Å². The third-order valence-corrected chi connectivity index (χ3v) is 6.00. The Morgan fingerprint density at radius 1 is 1.32 bits per heavy atom. The lowest BCUT2D eigenvalue weighted by Crippen LogP contribution is -2.35. The molecule has 9 heteroatoms. The van der Waals surface area contributed by atoms with Crippen molar-refractivity contribution < 1.29 is 23.9 Å². The minimum atomic E-state index is -1.06. The van der Waals surface area contributed by atoms with Gasteiger partial charge in [0.25, 0.3) is 5.91 Å². The zero-order chi connectivity index (χ0) is 20.3. The minimum Gasteiger partial charge on any atom is -0.452 e. The van der Waals surface area contributed by atoms with Crippen molar-refractivity contribution in [1.82, 2.24) is 4.90 Å². The summed E-state index contributed by atoms with van der Waals surface area (Å²) in [6, 6.07) is 3.54. The molecule has 2 aliphatic rings. The van der Waals surface area contributed by atoms with Gasteiger partial charge in [0.2, 0.25) is 11.8 Å². The van der Waals surface area contributed by atoms with Crippen molar-refractivity contribution >= 4 is 40.0 Å². The van der Waals surface area contributed by atoms with Gasteiger partial charge in [-0.1, -0.05) is 12.8 Å². The highest BCUT2D eigenvalue weighted by Gasteiger charge is 2.47. The molecule has 2 heterocycles. The van der Waals surface area contributed by atoms with Crippen LogP contribution in [0.15, 0.2) is 11.4 Å². The molecule has 0 bridgehead atoms. The van der Waals surface area contributed by atoms with Crippen molar-refractivity contribution in [3.8, 4) is 6.07 Å².